The fourth-order valence-corrected chi connectivity index (χ4v) is 3.89. The molecular weight excluding hydrogens is 424 g/mol. The van der Waals surface area contributed by atoms with Gasteiger partial charge in [0, 0.05) is 26.3 Å². The number of nitrogens with two attached hydrogens (primary N) is 1. The molecule has 0 heterocycles. The van der Waals surface area contributed by atoms with E-state index in [9.17, 15) is 14.3 Å². The molecule has 21 heavy (non-hydrogen) atoms. The van der Waals surface area contributed by atoms with Crippen LogP contribution in [0.5, 0.6) is 0 Å². The summed E-state index contributed by atoms with van der Waals surface area (Å²) in [5.74, 6) is 0.0320. The van der Waals surface area contributed by atoms with E-state index in [2.05, 4.69) is 31.9 Å². The summed E-state index contributed by atoms with van der Waals surface area (Å²) in [6.45, 7) is 0. The van der Waals surface area contributed by atoms with Crippen molar-refractivity contribution in [1.82, 2.24) is 0 Å². The Hall–Kier alpha value is -1.25. The standard InChI is InChI=1S/C13H10Br2N2O3S/c14-9-2-1-8(12(5-9)17(18)19)7-21(20)13-6-10(15)3-4-11(13)16/h1-6H,7,16H2. The highest BCUT2D eigenvalue weighted by atomic mass is 79.9. The lowest BCUT2D eigenvalue weighted by atomic mass is 10.2. The van der Waals surface area contributed by atoms with Crippen molar-refractivity contribution < 1.29 is 9.13 Å². The van der Waals surface area contributed by atoms with E-state index in [1.165, 1.54) is 6.07 Å². The third kappa shape index (κ3) is 3.90. The lowest BCUT2D eigenvalue weighted by Gasteiger charge is -2.07. The summed E-state index contributed by atoms with van der Waals surface area (Å²) in [5.41, 5.74) is 6.55. The number of nitro benzene ring substituents is 1. The van der Waals surface area contributed by atoms with E-state index in [1.54, 1.807) is 30.3 Å². The van der Waals surface area contributed by atoms with Crippen LogP contribution < -0.4 is 5.73 Å². The van der Waals surface area contributed by atoms with Gasteiger partial charge < -0.3 is 5.73 Å². The molecule has 0 saturated heterocycles. The predicted octanol–water partition coefficient (Wildman–Crippen LogP) is 4.01. The molecule has 0 aromatic heterocycles. The first-order valence-corrected chi connectivity index (χ1v) is 8.65. The van der Waals surface area contributed by atoms with Gasteiger partial charge >= 0.3 is 0 Å². The maximum absolute atomic E-state index is 12.4. The Morgan fingerprint density at radius 2 is 1.76 bits per heavy atom. The van der Waals surface area contributed by atoms with Crippen LogP contribution in [0.25, 0.3) is 0 Å². The lowest BCUT2D eigenvalue weighted by molar-refractivity contribution is -0.385. The Morgan fingerprint density at radius 1 is 1.14 bits per heavy atom. The number of rotatable bonds is 4. The quantitative estimate of drug-likeness (QED) is 0.448. The molecule has 2 rings (SSSR count). The Balaban J connectivity index is 2.36. The highest BCUT2D eigenvalue weighted by molar-refractivity contribution is 9.10. The zero-order valence-corrected chi connectivity index (χ0v) is 14.6. The van der Waals surface area contributed by atoms with E-state index >= 15 is 0 Å². The fraction of sp³-hybridized carbons (Fsp3) is 0.0769. The molecule has 110 valence electrons. The van der Waals surface area contributed by atoms with Crippen molar-refractivity contribution in [3.05, 3.63) is 61.0 Å². The van der Waals surface area contributed by atoms with Crippen LogP contribution >= 0.6 is 31.9 Å². The summed E-state index contributed by atoms with van der Waals surface area (Å²) in [7, 11) is -1.46. The monoisotopic (exact) mass is 432 g/mol. The van der Waals surface area contributed by atoms with Gasteiger partial charge in [-0.3, -0.25) is 14.3 Å². The highest BCUT2D eigenvalue weighted by Gasteiger charge is 2.18. The van der Waals surface area contributed by atoms with E-state index in [1.807, 2.05) is 0 Å². The molecule has 2 N–H and O–H groups in total. The molecule has 8 heteroatoms. The van der Waals surface area contributed by atoms with Crippen LogP contribution in [0.3, 0.4) is 0 Å². The second kappa shape index (κ2) is 6.67. The summed E-state index contributed by atoms with van der Waals surface area (Å²) in [4.78, 5) is 11.0. The summed E-state index contributed by atoms with van der Waals surface area (Å²) < 4.78 is 13.8. The number of nitrogen functional groups attached to an aromatic ring is 1. The topological polar surface area (TPSA) is 86.2 Å². The lowest BCUT2D eigenvalue weighted by Crippen LogP contribution is -2.03. The van der Waals surface area contributed by atoms with Crippen molar-refractivity contribution in [3.63, 3.8) is 0 Å². The molecule has 1 unspecified atom stereocenters. The van der Waals surface area contributed by atoms with E-state index in [0.29, 0.717) is 20.6 Å². The molecule has 5 nitrogen and oxygen atoms in total. The second-order valence-electron chi connectivity index (χ2n) is 4.20. The van der Waals surface area contributed by atoms with Crippen molar-refractivity contribution in [2.75, 3.05) is 5.73 Å². The normalized spacial score (nSPS) is 12.1. The Kier molecular flexibility index (Phi) is 5.13. The van der Waals surface area contributed by atoms with Crippen molar-refractivity contribution in [1.29, 1.82) is 0 Å². The molecule has 0 aliphatic rings. The third-order valence-electron chi connectivity index (χ3n) is 2.75. The van der Waals surface area contributed by atoms with Gasteiger partial charge in [-0.1, -0.05) is 37.9 Å². The minimum Gasteiger partial charge on any atom is -0.398 e. The minimum absolute atomic E-state index is 0.0320. The van der Waals surface area contributed by atoms with Crippen LogP contribution in [-0.2, 0) is 16.6 Å². The molecule has 0 radical (unpaired) electrons. The summed E-state index contributed by atoms with van der Waals surface area (Å²) in [6.07, 6.45) is 0. The first-order valence-electron chi connectivity index (χ1n) is 5.74. The molecule has 2 aromatic carbocycles. The first kappa shape index (κ1) is 16.1. The Labute approximate surface area is 140 Å². The smallest absolute Gasteiger partial charge is 0.274 e. The molecule has 0 bridgehead atoms. The molecule has 0 amide bonds. The van der Waals surface area contributed by atoms with Crippen molar-refractivity contribution in [2.45, 2.75) is 10.6 Å². The van der Waals surface area contributed by atoms with Crippen LogP contribution in [0.1, 0.15) is 5.56 Å². The molecule has 0 aliphatic carbocycles. The van der Waals surface area contributed by atoms with E-state index in [4.69, 9.17) is 5.73 Å². The average molecular weight is 434 g/mol. The minimum atomic E-state index is -1.46. The maximum Gasteiger partial charge on any atom is 0.274 e. The molecule has 0 spiro atoms. The zero-order chi connectivity index (χ0) is 15.6. The molecule has 0 aliphatic heterocycles. The van der Waals surface area contributed by atoms with Gasteiger partial charge in [0.15, 0.2) is 0 Å². The van der Waals surface area contributed by atoms with Crippen LogP contribution in [0.15, 0.2) is 50.2 Å². The van der Waals surface area contributed by atoms with Crippen LogP contribution in [0, 0.1) is 10.1 Å². The number of nitro groups is 1. The van der Waals surface area contributed by atoms with E-state index < -0.39 is 15.7 Å². The van der Waals surface area contributed by atoms with E-state index in [-0.39, 0.29) is 11.4 Å². The van der Waals surface area contributed by atoms with Crippen molar-refractivity contribution >= 4 is 54.0 Å². The Morgan fingerprint density at radius 3 is 2.43 bits per heavy atom. The highest BCUT2D eigenvalue weighted by Crippen LogP contribution is 2.28. The summed E-state index contributed by atoms with van der Waals surface area (Å²) >= 11 is 6.48. The van der Waals surface area contributed by atoms with Gasteiger partial charge in [-0.05, 0) is 24.3 Å². The third-order valence-corrected chi connectivity index (χ3v) is 5.16. The number of anilines is 1. The summed E-state index contributed by atoms with van der Waals surface area (Å²) in [5, 5.41) is 11.1. The molecular formula is C13H10Br2N2O3S. The van der Waals surface area contributed by atoms with Crippen molar-refractivity contribution in [3.8, 4) is 0 Å². The van der Waals surface area contributed by atoms with Gasteiger partial charge in [0.25, 0.3) is 5.69 Å². The van der Waals surface area contributed by atoms with Gasteiger partial charge in [-0.25, -0.2) is 0 Å². The van der Waals surface area contributed by atoms with Gasteiger partial charge in [0.05, 0.1) is 26.4 Å². The van der Waals surface area contributed by atoms with Gasteiger partial charge in [-0.15, -0.1) is 0 Å². The number of halogens is 2. The number of hydrogen-bond donors (Lipinski definition) is 1. The SMILES string of the molecule is Nc1ccc(Br)cc1S(=O)Cc1ccc(Br)cc1[N+](=O)[O-]. The van der Waals surface area contributed by atoms with Crippen LogP contribution in [0.4, 0.5) is 11.4 Å². The van der Waals surface area contributed by atoms with Crippen LogP contribution in [-0.4, -0.2) is 9.13 Å². The number of nitrogens with zero attached hydrogens (tertiary/aromatic N) is 1. The first-order chi connectivity index (χ1) is 9.88. The molecule has 0 saturated carbocycles. The Bertz CT molecular complexity index is 737. The van der Waals surface area contributed by atoms with Gasteiger partial charge in [0.2, 0.25) is 0 Å². The summed E-state index contributed by atoms with van der Waals surface area (Å²) in [6, 6.07) is 9.73. The molecule has 1 atom stereocenters. The number of benzene rings is 2. The van der Waals surface area contributed by atoms with E-state index in [0.717, 1.165) is 4.47 Å². The zero-order valence-electron chi connectivity index (χ0n) is 10.6. The predicted molar refractivity (Wildman–Crippen MR) is 89.5 cm³/mol. The largest absolute Gasteiger partial charge is 0.398 e. The van der Waals surface area contributed by atoms with Crippen LogP contribution in [0.2, 0.25) is 0 Å². The number of hydrogen-bond acceptors (Lipinski definition) is 4. The van der Waals surface area contributed by atoms with Gasteiger partial charge in [-0.2, -0.15) is 0 Å². The average Bonchev–Trinajstić information content (AvgIpc) is 2.43. The maximum atomic E-state index is 12.4. The van der Waals surface area contributed by atoms with Gasteiger partial charge in [0.1, 0.15) is 0 Å². The second-order valence-corrected chi connectivity index (χ2v) is 7.45. The molecule has 2 aromatic rings. The fourth-order valence-electron chi connectivity index (χ4n) is 1.75. The van der Waals surface area contributed by atoms with Crippen molar-refractivity contribution in [2.24, 2.45) is 0 Å². The molecule has 0 fully saturated rings.